The van der Waals surface area contributed by atoms with Crippen molar-refractivity contribution < 1.29 is 13.2 Å². The molecule has 2 aromatic carbocycles. The van der Waals surface area contributed by atoms with E-state index in [1.165, 1.54) is 12.1 Å². The molecule has 0 amide bonds. The number of nitrogens with zero attached hydrogens (tertiary/aromatic N) is 1. The zero-order valence-electron chi connectivity index (χ0n) is 9.75. The lowest BCUT2D eigenvalue weighted by atomic mass is 10.1. The van der Waals surface area contributed by atoms with E-state index in [0.717, 1.165) is 24.3 Å². The van der Waals surface area contributed by atoms with E-state index in [1.807, 2.05) is 6.07 Å². The van der Waals surface area contributed by atoms with Gasteiger partial charge in [0.25, 0.3) is 0 Å². The number of hydrogen-bond donors (Lipinski definition) is 1. The minimum atomic E-state index is -0.741. The summed E-state index contributed by atoms with van der Waals surface area (Å²) in [6.07, 6.45) is 0. The second-order valence-electron chi connectivity index (χ2n) is 3.86. The summed E-state index contributed by atoms with van der Waals surface area (Å²) in [7, 11) is 0. The highest BCUT2D eigenvalue weighted by atomic mass is 19.1. The molecule has 0 aliphatic carbocycles. The Labute approximate surface area is 108 Å². The van der Waals surface area contributed by atoms with Gasteiger partial charge in [0.2, 0.25) is 0 Å². The summed E-state index contributed by atoms with van der Waals surface area (Å²) in [6.45, 7) is -0.0431. The predicted octanol–water partition coefficient (Wildman–Crippen LogP) is 3.59. The number of rotatable bonds is 3. The highest BCUT2D eigenvalue weighted by Gasteiger charge is 2.09. The Morgan fingerprint density at radius 3 is 2.37 bits per heavy atom. The van der Waals surface area contributed by atoms with E-state index in [0.29, 0.717) is 5.56 Å². The molecule has 0 spiro atoms. The maximum Gasteiger partial charge on any atom is 0.149 e. The minimum absolute atomic E-state index is 0.0431. The summed E-state index contributed by atoms with van der Waals surface area (Å²) in [5.41, 5.74) is 0.298. The molecule has 0 fully saturated rings. The number of nitriles is 1. The second kappa shape index (κ2) is 5.44. The molecular weight excluding hydrogens is 253 g/mol. The van der Waals surface area contributed by atoms with Gasteiger partial charge in [-0.05, 0) is 35.9 Å². The smallest absolute Gasteiger partial charge is 0.149 e. The molecule has 0 atom stereocenters. The van der Waals surface area contributed by atoms with E-state index in [1.54, 1.807) is 0 Å². The van der Waals surface area contributed by atoms with Gasteiger partial charge in [0, 0.05) is 6.54 Å². The number of halogens is 3. The van der Waals surface area contributed by atoms with Crippen LogP contribution in [-0.4, -0.2) is 0 Å². The molecule has 2 aromatic rings. The van der Waals surface area contributed by atoms with Crippen molar-refractivity contribution in [3.05, 3.63) is 65.0 Å². The van der Waals surface area contributed by atoms with Crippen molar-refractivity contribution in [2.75, 3.05) is 5.32 Å². The quantitative estimate of drug-likeness (QED) is 0.917. The monoisotopic (exact) mass is 262 g/mol. The highest BCUT2D eigenvalue weighted by molar-refractivity contribution is 5.48. The van der Waals surface area contributed by atoms with Gasteiger partial charge in [0.1, 0.15) is 23.1 Å². The van der Waals surface area contributed by atoms with Crippen LogP contribution in [-0.2, 0) is 6.54 Å². The zero-order valence-corrected chi connectivity index (χ0v) is 9.75. The van der Waals surface area contributed by atoms with Crippen molar-refractivity contribution in [2.24, 2.45) is 0 Å². The minimum Gasteiger partial charge on any atom is -0.376 e. The Kier molecular flexibility index (Phi) is 3.71. The first-order chi connectivity index (χ1) is 9.11. The standard InChI is InChI=1S/C14H9F3N2/c15-11-5-4-9(7-18)10(6-11)8-19-14-12(16)2-1-3-13(14)17/h1-6,19H,8H2. The van der Waals surface area contributed by atoms with Crippen molar-refractivity contribution in [3.8, 4) is 6.07 Å². The van der Waals surface area contributed by atoms with Gasteiger partial charge in [-0.3, -0.25) is 0 Å². The van der Waals surface area contributed by atoms with Crippen molar-refractivity contribution in [3.63, 3.8) is 0 Å². The SMILES string of the molecule is N#Cc1ccc(F)cc1CNc1c(F)cccc1F. The molecule has 5 heteroatoms. The third kappa shape index (κ3) is 2.86. The second-order valence-corrected chi connectivity index (χ2v) is 3.86. The van der Waals surface area contributed by atoms with Gasteiger partial charge in [-0.1, -0.05) is 6.07 Å². The molecule has 19 heavy (non-hydrogen) atoms. The molecule has 1 N–H and O–H groups in total. The zero-order chi connectivity index (χ0) is 13.8. The van der Waals surface area contributed by atoms with Crippen LogP contribution in [0.2, 0.25) is 0 Å². The molecule has 2 rings (SSSR count). The Balaban J connectivity index is 2.24. The molecule has 0 aliphatic heterocycles. The van der Waals surface area contributed by atoms with Crippen molar-refractivity contribution in [1.82, 2.24) is 0 Å². The van der Waals surface area contributed by atoms with Gasteiger partial charge in [-0.25, -0.2) is 13.2 Å². The summed E-state index contributed by atoms with van der Waals surface area (Å²) < 4.78 is 39.8. The fraction of sp³-hybridized carbons (Fsp3) is 0.0714. The van der Waals surface area contributed by atoms with Crippen LogP contribution in [0.1, 0.15) is 11.1 Å². The van der Waals surface area contributed by atoms with E-state index in [2.05, 4.69) is 5.32 Å². The largest absolute Gasteiger partial charge is 0.376 e. The van der Waals surface area contributed by atoms with Crippen molar-refractivity contribution in [2.45, 2.75) is 6.54 Å². The molecule has 0 radical (unpaired) electrons. The summed E-state index contributed by atoms with van der Waals surface area (Å²) in [5.74, 6) is -1.99. The fourth-order valence-corrected chi connectivity index (χ4v) is 1.67. The summed E-state index contributed by atoms with van der Waals surface area (Å²) in [6, 6.07) is 9.01. The van der Waals surface area contributed by atoms with Crippen LogP contribution in [0.25, 0.3) is 0 Å². The van der Waals surface area contributed by atoms with E-state index < -0.39 is 17.5 Å². The van der Waals surface area contributed by atoms with Crippen LogP contribution in [0.3, 0.4) is 0 Å². The van der Waals surface area contributed by atoms with Gasteiger partial charge in [-0.2, -0.15) is 5.26 Å². The third-order valence-corrected chi connectivity index (χ3v) is 2.61. The van der Waals surface area contributed by atoms with Crippen LogP contribution >= 0.6 is 0 Å². The third-order valence-electron chi connectivity index (χ3n) is 2.61. The van der Waals surface area contributed by atoms with Crippen LogP contribution in [0.5, 0.6) is 0 Å². The Hall–Kier alpha value is -2.48. The number of anilines is 1. The van der Waals surface area contributed by atoms with Crippen molar-refractivity contribution >= 4 is 5.69 Å². The first-order valence-electron chi connectivity index (χ1n) is 5.48. The molecule has 2 nitrogen and oxygen atoms in total. The highest BCUT2D eigenvalue weighted by Crippen LogP contribution is 2.20. The van der Waals surface area contributed by atoms with Crippen LogP contribution in [0.4, 0.5) is 18.9 Å². The Morgan fingerprint density at radius 2 is 1.74 bits per heavy atom. The van der Waals surface area contributed by atoms with Crippen LogP contribution in [0.15, 0.2) is 36.4 Å². The van der Waals surface area contributed by atoms with E-state index in [-0.39, 0.29) is 17.8 Å². The van der Waals surface area contributed by atoms with E-state index >= 15 is 0 Å². The van der Waals surface area contributed by atoms with Gasteiger partial charge in [0.15, 0.2) is 0 Å². The van der Waals surface area contributed by atoms with Crippen molar-refractivity contribution in [1.29, 1.82) is 5.26 Å². The molecule has 96 valence electrons. The summed E-state index contributed by atoms with van der Waals surface area (Å²) in [4.78, 5) is 0. The summed E-state index contributed by atoms with van der Waals surface area (Å²) >= 11 is 0. The summed E-state index contributed by atoms with van der Waals surface area (Å²) in [5, 5.41) is 11.4. The number of para-hydroxylation sites is 1. The molecular formula is C14H9F3N2. The molecule has 0 bridgehead atoms. The average Bonchev–Trinajstić information content (AvgIpc) is 2.38. The van der Waals surface area contributed by atoms with Crippen LogP contribution in [0, 0.1) is 28.8 Å². The topological polar surface area (TPSA) is 35.8 Å². The lowest BCUT2D eigenvalue weighted by Crippen LogP contribution is -2.05. The number of benzene rings is 2. The van der Waals surface area contributed by atoms with E-state index in [4.69, 9.17) is 5.26 Å². The number of nitrogens with one attached hydrogen (secondary N) is 1. The lowest BCUT2D eigenvalue weighted by molar-refractivity contribution is 0.588. The maximum absolute atomic E-state index is 13.4. The predicted molar refractivity (Wildman–Crippen MR) is 64.8 cm³/mol. The van der Waals surface area contributed by atoms with Crippen LogP contribution < -0.4 is 5.32 Å². The van der Waals surface area contributed by atoms with E-state index in [9.17, 15) is 13.2 Å². The van der Waals surface area contributed by atoms with Gasteiger partial charge >= 0.3 is 0 Å². The molecule has 0 aromatic heterocycles. The van der Waals surface area contributed by atoms with Gasteiger partial charge in [-0.15, -0.1) is 0 Å². The molecule has 0 aliphatic rings. The first kappa shape index (κ1) is 13.0. The normalized spacial score (nSPS) is 10.0. The Morgan fingerprint density at radius 1 is 1.05 bits per heavy atom. The molecule has 0 unspecified atom stereocenters. The number of hydrogen-bond acceptors (Lipinski definition) is 2. The molecule has 0 heterocycles. The fourth-order valence-electron chi connectivity index (χ4n) is 1.67. The van der Waals surface area contributed by atoms with Gasteiger partial charge in [0.05, 0.1) is 11.6 Å². The molecule has 0 saturated carbocycles. The average molecular weight is 262 g/mol. The first-order valence-corrected chi connectivity index (χ1v) is 5.48. The molecule has 0 saturated heterocycles. The lowest BCUT2D eigenvalue weighted by Gasteiger charge is -2.09. The Bertz CT molecular complexity index is 627. The maximum atomic E-state index is 13.4. The van der Waals surface area contributed by atoms with Gasteiger partial charge < -0.3 is 5.32 Å².